The third kappa shape index (κ3) is 4.65. The number of carbonyl (C=O) groups excluding carboxylic acids is 2. The lowest BCUT2D eigenvalue weighted by Gasteiger charge is -2.30. The minimum atomic E-state index is -0.726. The molecule has 2 aromatic heterocycles. The Morgan fingerprint density at radius 3 is 2.55 bits per heavy atom. The summed E-state index contributed by atoms with van der Waals surface area (Å²) < 4.78 is 3.80. The van der Waals surface area contributed by atoms with E-state index in [1.165, 1.54) is 0 Å². The highest BCUT2D eigenvalue weighted by atomic mass is 32.1. The van der Waals surface area contributed by atoms with Gasteiger partial charge >= 0.3 is 0 Å². The number of hydrogen-bond acceptors (Lipinski definition) is 6. The predicted octanol–water partition coefficient (Wildman–Crippen LogP) is 2.64. The van der Waals surface area contributed by atoms with Gasteiger partial charge in [-0.05, 0) is 54.1 Å². The highest BCUT2D eigenvalue weighted by Crippen LogP contribution is 2.35. The molecule has 1 atom stereocenters. The Labute approximate surface area is 173 Å². The molecule has 0 unspecified atom stereocenters. The average Bonchev–Trinajstić information content (AvgIpc) is 3.44. The Kier molecular flexibility index (Phi) is 5.90. The van der Waals surface area contributed by atoms with Crippen LogP contribution in [0.5, 0.6) is 0 Å². The van der Waals surface area contributed by atoms with Crippen molar-refractivity contribution in [3.05, 3.63) is 77.1 Å². The molecule has 1 fully saturated rings. The van der Waals surface area contributed by atoms with E-state index in [0.29, 0.717) is 6.54 Å². The summed E-state index contributed by atoms with van der Waals surface area (Å²) in [6.45, 7) is 0.495. The number of pyridine rings is 1. The Balaban J connectivity index is 1.55. The van der Waals surface area contributed by atoms with Gasteiger partial charge in [-0.15, -0.1) is 5.10 Å². The molecule has 1 aromatic carbocycles. The van der Waals surface area contributed by atoms with Gasteiger partial charge in [0.15, 0.2) is 5.69 Å². The normalized spacial score (nSPS) is 14.2. The fourth-order valence-corrected chi connectivity index (χ4v) is 3.72. The number of hydrogen-bond donors (Lipinski definition) is 1. The first-order valence-electron chi connectivity index (χ1n) is 9.55. The van der Waals surface area contributed by atoms with Crippen molar-refractivity contribution in [3.8, 4) is 0 Å². The van der Waals surface area contributed by atoms with Crippen molar-refractivity contribution >= 4 is 23.3 Å². The average molecular weight is 407 g/mol. The van der Waals surface area contributed by atoms with Crippen molar-refractivity contribution in [1.29, 1.82) is 0 Å². The van der Waals surface area contributed by atoms with Gasteiger partial charge in [0.05, 0.1) is 0 Å². The van der Waals surface area contributed by atoms with E-state index in [4.69, 9.17) is 0 Å². The summed E-state index contributed by atoms with van der Waals surface area (Å²) in [5, 5.41) is 8.54. The van der Waals surface area contributed by atoms with E-state index in [1.54, 1.807) is 34.8 Å². The molecule has 3 aromatic rings. The third-order valence-corrected chi connectivity index (χ3v) is 5.36. The molecule has 1 saturated carbocycles. The number of rotatable bonds is 8. The second-order valence-electron chi connectivity index (χ2n) is 6.94. The van der Waals surface area contributed by atoms with Crippen LogP contribution >= 0.6 is 11.5 Å². The maximum atomic E-state index is 13.2. The van der Waals surface area contributed by atoms with Crippen LogP contribution in [-0.2, 0) is 11.2 Å². The maximum Gasteiger partial charge on any atom is 0.276 e. The van der Waals surface area contributed by atoms with Crippen LogP contribution in [0.15, 0.2) is 60.2 Å². The van der Waals surface area contributed by atoms with Crippen molar-refractivity contribution in [3.63, 3.8) is 0 Å². The van der Waals surface area contributed by atoms with Crippen LogP contribution in [0.1, 0.15) is 40.5 Å². The molecule has 8 heteroatoms. The number of amides is 2. The molecule has 4 rings (SSSR count). The van der Waals surface area contributed by atoms with Crippen LogP contribution in [0.2, 0.25) is 0 Å². The van der Waals surface area contributed by atoms with E-state index >= 15 is 0 Å². The summed E-state index contributed by atoms with van der Waals surface area (Å²) in [5.41, 5.74) is 2.16. The zero-order valence-electron chi connectivity index (χ0n) is 15.8. The van der Waals surface area contributed by atoms with Crippen LogP contribution in [0.4, 0.5) is 0 Å². The molecule has 0 bridgehead atoms. The zero-order chi connectivity index (χ0) is 20.1. The van der Waals surface area contributed by atoms with Crippen LogP contribution in [0.25, 0.3) is 0 Å². The Morgan fingerprint density at radius 2 is 1.90 bits per heavy atom. The summed E-state index contributed by atoms with van der Waals surface area (Å²) in [5.74, 6) is -0.461. The standard InChI is InChI=1S/C21H21N5O2S/c27-20(23-13-8-15-4-2-1-3-5-15)19(16-9-11-22-12-10-16)26(17-6-7-17)21(28)18-14-29-25-24-18/h1-5,9-12,14,17,19H,6-8,13H2,(H,23,27)/t19-/m0/s1. The fourth-order valence-electron chi connectivity index (χ4n) is 3.29. The molecular formula is C21H21N5O2S. The molecule has 0 spiro atoms. The predicted molar refractivity (Wildman–Crippen MR) is 109 cm³/mol. The van der Waals surface area contributed by atoms with Crippen LogP contribution in [0.3, 0.4) is 0 Å². The number of carbonyl (C=O) groups is 2. The highest BCUT2D eigenvalue weighted by Gasteiger charge is 2.42. The maximum absolute atomic E-state index is 13.2. The van der Waals surface area contributed by atoms with Gasteiger partial charge in [0.2, 0.25) is 5.91 Å². The van der Waals surface area contributed by atoms with E-state index in [0.717, 1.165) is 41.9 Å². The monoisotopic (exact) mass is 407 g/mol. The minimum absolute atomic E-state index is 0.0299. The van der Waals surface area contributed by atoms with Gasteiger partial charge in [0.1, 0.15) is 6.04 Å². The molecule has 2 heterocycles. The topological polar surface area (TPSA) is 88.1 Å². The summed E-state index contributed by atoms with van der Waals surface area (Å²) >= 11 is 1.13. The second kappa shape index (κ2) is 8.91. The molecule has 1 aliphatic carbocycles. The Hall–Kier alpha value is -3.13. The lowest BCUT2D eigenvalue weighted by atomic mass is 10.0. The summed E-state index contributed by atoms with van der Waals surface area (Å²) in [4.78, 5) is 32.1. The van der Waals surface area contributed by atoms with Gasteiger partial charge in [0.25, 0.3) is 5.91 Å². The van der Waals surface area contributed by atoms with Crippen LogP contribution in [0, 0.1) is 0 Å². The molecule has 0 aliphatic heterocycles. The minimum Gasteiger partial charge on any atom is -0.354 e. The molecule has 2 amide bonds. The largest absolute Gasteiger partial charge is 0.354 e. The van der Waals surface area contributed by atoms with Crippen molar-refractivity contribution in [2.24, 2.45) is 0 Å². The summed E-state index contributed by atoms with van der Waals surface area (Å²) in [6.07, 6.45) is 5.76. The SMILES string of the molecule is O=C(NCCc1ccccc1)[C@H](c1ccncc1)N(C(=O)c1csnn1)C1CC1. The third-order valence-electron chi connectivity index (χ3n) is 4.86. The highest BCUT2D eigenvalue weighted by molar-refractivity contribution is 7.03. The van der Waals surface area contributed by atoms with Gasteiger partial charge in [-0.1, -0.05) is 34.8 Å². The van der Waals surface area contributed by atoms with Crippen LogP contribution < -0.4 is 5.32 Å². The molecule has 0 radical (unpaired) electrons. The molecule has 148 valence electrons. The van der Waals surface area contributed by atoms with Gasteiger partial charge < -0.3 is 10.2 Å². The van der Waals surface area contributed by atoms with E-state index in [2.05, 4.69) is 19.9 Å². The lowest BCUT2D eigenvalue weighted by molar-refractivity contribution is -0.126. The zero-order valence-corrected chi connectivity index (χ0v) is 16.6. The first-order valence-corrected chi connectivity index (χ1v) is 10.4. The number of nitrogens with one attached hydrogen (secondary N) is 1. The van der Waals surface area contributed by atoms with Gasteiger partial charge in [-0.3, -0.25) is 14.6 Å². The Morgan fingerprint density at radius 1 is 1.14 bits per heavy atom. The molecular weight excluding hydrogens is 386 g/mol. The summed E-state index contributed by atoms with van der Waals surface area (Å²) in [7, 11) is 0. The smallest absolute Gasteiger partial charge is 0.276 e. The molecule has 1 N–H and O–H groups in total. The first kappa shape index (κ1) is 19.2. The molecule has 1 aliphatic rings. The van der Waals surface area contributed by atoms with E-state index in [9.17, 15) is 9.59 Å². The number of aromatic nitrogens is 3. The van der Waals surface area contributed by atoms with Gasteiger partial charge in [-0.2, -0.15) is 0 Å². The number of benzene rings is 1. The Bertz CT molecular complexity index is 946. The van der Waals surface area contributed by atoms with Crippen LogP contribution in [-0.4, -0.2) is 43.9 Å². The molecule has 29 heavy (non-hydrogen) atoms. The summed E-state index contributed by atoms with van der Waals surface area (Å²) in [6, 6.07) is 12.8. The first-order chi connectivity index (χ1) is 14.2. The lowest BCUT2D eigenvalue weighted by Crippen LogP contribution is -2.45. The molecule has 7 nitrogen and oxygen atoms in total. The van der Waals surface area contributed by atoms with Crippen molar-refractivity contribution in [1.82, 2.24) is 24.8 Å². The van der Waals surface area contributed by atoms with Crippen molar-refractivity contribution < 1.29 is 9.59 Å². The fraction of sp³-hybridized carbons (Fsp3) is 0.286. The molecule has 0 saturated heterocycles. The second-order valence-corrected chi connectivity index (χ2v) is 7.55. The quantitative estimate of drug-likeness (QED) is 0.620. The van der Waals surface area contributed by atoms with Gasteiger partial charge in [0, 0.05) is 30.4 Å². The van der Waals surface area contributed by atoms with Gasteiger partial charge in [-0.25, -0.2) is 0 Å². The van der Waals surface area contributed by atoms with Crippen molar-refractivity contribution in [2.45, 2.75) is 31.3 Å². The van der Waals surface area contributed by atoms with Crippen molar-refractivity contribution in [2.75, 3.05) is 6.54 Å². The number of nitrogens with zero attached hydrogens (tertiary/aromatic N) is 4. The van der Waals surface area contributed by atoms with E-state index in [-0.39, 0.29) is 23.6 Å². The van der Waals surface area contributed by atoms with E-state index in [1.807, 2.05) is 30.3 Å². The van der Waals surface area contributed by atoms with E-state index < -0.39 is 6.04 Å².